The third-order valence-electron chi connectivity index (χ3n) is 3.94. The lowest BCUT2D eigenvalue weighted by Crippen LogP contribution is -2.05. The SMILES string of the molecule is COc1ccc2nc(SCC(=O)O)n(CC3CC3C)c2c1. The second kappa shape index (κ2) is 5.60. The number of nitrogens with zero attached hydrogens (tertiary/aromatic N) is 2. The van der Waals surface area contributed by atoms with Gasteiger partial charge in [-0.15, -0.1) is 0 Å². The minimum absolute atomic E-state index is 0.0284. The predicted octanol–water partition coefficient (Wildman–Crippen LogP) is 2.88. The fourth-order valence-corrected chi connectivity index (χ4v) is 3.25. The van der Waals surface area contributed by atoms with Gasteiger partial charge in [-0.05, 0) is 30.4 Å². The van der Waals surface area contributed by atoms with E-state index in [2.05, 4.69) is 16.5 Å². The van der Waals surface area contributed by atoms with Gasteiger partial charge in [-0.1, -0.05) is 18.7 Å². The van der Waals surface area contributed by atoms with Crippen molar-refractivity contribution in [2.24, 2.45) is 11.8 Å². The molecule has 1 fully saturated rings. The van der Waals surface area contributed by atoms with Crippen molar-refractivity contribution in [3.8, 4) is 5.75 Å². The van der Waals surface area contributed by atoms with E-state index in [1.165, 1.54) is 18.2 Å². The summed E-state index contributed by atoms with van der Waals surface area (Å²) in [4.78, 5) is 15.4. The van der Waals surface area contributed by atoms with Crippen LogP contribution < -0.4 is 4.74 Å². The molecule has 1 aromatic heterocycles. The first kappa shape index (κ1) is 14.3. The quantitative estimate of drug-likeness (QED) is 0.831. The highest BCUT2D eigenvalue weighted by Crippen LogP contribution is 2.41. The lowest BCUT2D eigenvalue weighted by atomic mass is 10.3. The number of rotatable bonds is 6. The molecule has 2 atom stereocenters. The van der Waals surface area contributed by atoms with Crippen LogP contribution in [0.3, 0.4) is 0 Å². The third kappa shape index (κ3) is 3.00. The van der Waals surface area contributed by atoms with Crippen LogP contribution in [-0.4, -0.2) is 33.5 Å². The first-order chi connectivity index (χ1) is 10.1. The average Bonchev–Trinajstić information content (AvgIpc) is 3.05. The zero-order chi connectivity index (χ0) is 15.0. The number of benzene rings is 1. The Kier molecular flexibility index (Phi) is 3.80. The molecule has 1 N–H and O–H groups in total. The van der Waals surface area contributed by atoms with Crippen molar-refractivity contribution in [1.29, 1.82) is 0 Å². The van der Waals surface area contributed by atoms with Crippen LogP contribution >= 0.6 is 11.8 Å². The average molecular weight is 306 g/mol. The van der Waals surface area contributed by atoms with Gasteiger partial charge in [0.25, 0.3) is 0 Å². The number of carboxylic acids is 1. The molecule has 1 aromatic carbocycles. The molecule has 0 saturated heterocycles. The number of carboxylic acid groups (broad SMARTS) is 1. The van der Waals surface area contributed by atoms with Crippen molar-refractivity contribution in [2.45, 2.75) is 25.0 Å². The summed E-state index contributed by atoms with van der Waals surface area (Å²) in [5.74, 6) is 1.40. The zero-order valence-electron chi connectivity index (χ0n) is 12.1. The number of carbonyl (C=O) groups is 1. The first-order valence-corrected chi connectivity index (χ1v) is 7.96. The molecule has 112 valence electrons. The van der Waals surface area contributed by atoms with Gasteiger partial charge in [-0.25, -0.2) is 4.98 Å². The van der Waals surface area contributed by atoms with Crippen LogP contribution in [0.15, 0.2) is 23.4 Å². The normalized spacial score (nSPS) is 20.7. The topological polar surface area (TPSA) is 64.3 Å². The van der Waals surface area contributed by atoms with Crippen LogP contribution in [0.1, 0.15) is 13.3 Å². The Balaban J connectivity index is 1.98. The summed E-state index contributed by atoms with van der Waals surface area (Å²) in [6, 6.07) is 5.77. The van der Waals surface area contributed by atoms with Crippen LogP contribution in [0.2, 0.25) is 0 Å². The van der Waals surface area contributed by atoms with Crippen LogP contribution in [-0.2, 0) is 11.3 Å². The van der Waals surface area contributed by atoms with Crippen molar-refractivity contribution < 1.29 is 14.6 Å². The molecule has 1 aliphatic rings. The van der Waals surface area contributed by atoms with Crippen molar-refractivity contribution in [1.82, 2.24) is 9.55 Å². The Hall–Kier alpha value is -1.69. The summed E-state index contributed by atoms with van der Waals surface area (Å²) in [7, 11) is 1.64. The lowest BCUT2D eigenvalue weighted by molar-refractivity contribution is -0.133. The molecule has 1 heterocycles. The maximum atomic E-state index is 10.8. The molecule has 0 spiro atoms. The Labute approximate surface area is 127 Å². The number of aliphatic carboxylic acids is 1. The molecule has 0 aliphatic heterocycles. The van der Waals surface area contributed by atoms with Crippen molar-refractivity contribution in [3.05, 3.63) is 18.2 Å². The number of imidazole rings is 1. The van der Waals surface area contributed by atoms with E-state index >= 15 is 0 Å². The van der Waals surface area contributed by atoms with Gasteiger partial charge in [0.05, 0.1) is 23.9 Å². The summed E-state index contributed by atoms with van der Waals surface area (Å²) in [6.07, 6.45) is 1.23. The molecule has 1 saturated carbocycles. The maximum absolute atomic E-state index is 10.8. The molecule has 6 heteroatoms. The minimum Gasteiger partial charge on any atom is -0.497 e. The van der Waals surface area contributed by atoms with Crippen molar-refractivity contribution in [3.63, 3.8) is 0 Å². The Morgan fingerprint density at radius 3 is 2.95 bits per heavy atom. The highest BCUT2D eigenvalue weighted by molar-refractivity contribution is 7.99. The smallest absolute Gasteiger partial charge is 0.313 e. The van der Waals surface area contributed by atoms with Crippen LogP contribution in [0, 0.1) is 11.8 Å². The number of ether oxygens (including phenoxy) is 1. The predicted molar refractivity (Wildman–Crippen MR) is 81.9 cm³/mol. The molecule has 5 nitrogen and oxygen atoms in total. The largest absolute Gasteiger partial charge is 0.497 e. The van der Waals surface area contributed by atoms with E-state index in [0.717, 1.165) is 34.4 Å². The number of thioether (sulfide) groups is 1. The van der Waals surface area contributed by atoms with Gasteiger partial charge in [0.15, 0.2) is 5.16 Å². The monoisotopic (exact) mass is 306 g/mol. The van der Waals surface area contributed by atoms with Gasteiger partial charge in [-0.2, -0.15) is 0 Å². The molecule has 0 bridgehead atoms. The maximum Gasteiger partial charge on any atom is 0.313 e. The van der Waals surface area contributed by atoms with E-state index in [0.29, 0.717) is 5.92 Å². The van der Waals surface area contributed by atoms with Crippen molar-refractivity contribution >= 4 is 28.8 Å². The second-order valence-electron chi connectivity index (χ2n) is 5.52. The standard InChI is InChI=1S/C15H18N2O3S/c1-9-5-10(9)7-17-13-6-11(20-2)3-4-12(13)16-15(17)21-8-14(18)19/h3-4,6,9-10H,5,7-8H2,1-2H3,(H,18,19). The highest BCUT2D eigenvalue weighted by Gasteiger charge is 2.33. The van der Waals surface area contributed by atoms with Gasteiger partial charge in [0.1, 0.15) is 5.75 Å². The van der Waals surface area contributed by atoms with Gasteiger partial charge in [0, 0.05) is 12.6 Å². The summed E-state index contributed by atoms with van der Waals surface area (Å²) in [5, 5.41) is 9.66. The number of hydrogen-bond acceptors (Lipinski definition) is 4. The zero-order valence-corrected chi connectivity index (χ0v) is 12.9. The minimum atomic E-state index is -0.823. The van der Waals surface area contributed by atoms with E-state index in [1.54, 1.807) is 7.11 Å². The van der Waals surface area contributed by atoms with E-state index in [9.17, 15) is 4.79 Å². The number of aromatic nitrogens is 2. The number of hydrogen-bond donors (Lipinski definition) is 1. The fraction of sp³-hybridized carbons (Fsp3) is 0.467. The highest BCUT2D eigenvalue weighted by atomic mass is 32.2. The molecule has 0 amide bonds. The van der Waals surface area contributed by atoms with Crippen LogP contribution in [0.5, 0.6) is 5.75 Å². The van der Waals surface area contributed by atoms with Crippen LogP contribution in [0.25, 0.3) is 11.0 Å². The molecular weight excluding hydrogens is 288 g/mol. The second-order valence-corrected chi connectivity index (χ2v) is 6.46. The Morgan fingerprint density at radius 1 is 1.57 bits per heavy atom. The molecule has 2 aromatic rings. The van der Waals surface area contributed by atoms with E-state index in [4.69, 9.17) is 9.84 Å². The first-order valence-electron chi connectivity index (χ1n) is 6.97. The molecule has 1 aliphatic carbocycles. The summed E-state index contributed by atoms with van der Waals surface area (Å²) >= 11 is 1.28. The van der Waals surface area contributed by atoms with Gasteiger partial charge in [0.2, 0.25) is 0 Å². The van der Waals surface area contributed by atoms with Gasteiger partial charge in [-0.3, -0.25) is 4.79 Å². The molecular formula is C15H18N2O3S. The summed E-state index contributed by atoms with van der Waals surface area (Å²) < 4.78 is 7.42. The van der Waals surface area contributed by atoms with Crippen molar-refractivity contribution in [2.75, 3.05) is 12.9 Å². The molecule has 3 rings (SSSR count). The number of methoxy groups -OCH3 is 1. The molecule has 2 unspecified atom stereocenters. The third-order valence-corrected chi connectivity index (χ3v) is 4.90. The summed E-state index contributed by atoms with van der Waals surface area (Å²) in [6.45, 7) is 3.14. The molecule has 0 radical (unpaired) electrons. The summed E-state index contributed by atoms with van der Waals surface area (Å²) in [5.41, 5.74) is 1.90. The number of fused-ring (bicyclic) bond motifs is 1. The van der Waals surface area contributed by atoms with E-state index in [1.807, 2.05) is 18.2 Å². The molecule has 21 heavy (non-hydrogen) atoms. The lowest BCUT2D eigenvalue weighted by Gasteiger charge is -2.08. The Bertz CT molecular complexity index is 683. The Morgan fingerprint density at radius 2 is 2.33 bits per heavy atom. The fourth-order valence-electron chi connectivity index (χ4n) is 2.51. The van der Waals surface area contributed by atoms with E-state index in [-0.39, 0.29) is 5.75 Å². The van der Waals surface area contributed by atoms with Gasteiger partial charge < -0.3 is 14.4 Å². The van der Waals surface area contributed by atoms with E-state index < -0.39 is 5.97 Å². The van der Waals surface area contributed by atoms with Crippen LogP contribution in [0.4, 0.5) is 0 Å². The van der Waals surface area contributed by atoms with Gasteiger partial charge >= 0.3 is 5.97 Å².